The first-order chi connectivity index (χ1) is 14.7. The Morgan fingerprint density at radius 1 is 0.633 bits per heavy atom. The van der Waals surface area contributed by atoms with E-state index in [0.29, 0.717) is 11.3 Å². The predicted octanol–water partition coefficient (Wildman–Crippen LogP) is 7.65. The lowest BCUT2D eigenvalue weighted by Gasteiger charge is -2.08. The Hall–Kier alpha value is -2.87. The van der Waals surface area contributed by atoms with Gasteiger partial charge in [-0.25, -0.2) is 4.79 Å². The standard InChI is InChI=1S/C28H32O2/c1-3-5-6-7-9-23-12-20-27(21-13-23)30-28(29)26-18-16-25(17-19-26)24-14-10-22(8-4-2)11-15-24/h10-21H,3-9H2,1-2H3. The average Bonchev–Trinajstić information content (AvgIpc) is 2.79. The van der Waals surface area contributed by atoms with Crippen molar-refractivity contribution >= 4 is 5.97 Å². The van der Waals surface area contributed by atoms with Crippen LogP contribution in [0.1, 0.15) is 67.4 Å². The predicted molar refractivity (Wildman–Crippen MR) is 125 cm³/mol. The molecule has 0 aliphatic rings. The highest BCUT2D eigenvalue weighted by atomic mass is 16.5. The van der Waals surface area contributed by atoms with Crippen molar-refractivity contribution in [1.29, 1.82) is 0 Å². The molecule has 3 rings (SSSR count). The summed E-state index contributed by atoms with van der Waals surface area (Å²) in [6, 6.07) is 24.1. The Morgan fingerprint density at radius 2 is 1.20 bits per heavy atom. The zero-order valence-corrected chi connectivity index (χ0v) is 18.2. The summed E-state index contributed by atoms with van der Waals surface area (Å²) < 4.78 is 5.55. The molecule has 0 saturated carbocycles. The fourth-order valence-electron chi connectivity index (χ4n) is 3.60. The van der Waals surface area contributed by atoms with Crippen LogP contribution in [-0.4, -0.2) is 5.97 Å². The van der Waals surface area contributed by atoms with Crippen molar-refractivity contribution in [2.24, 2.45) is 0 Å². The smallest absolute Gasteiger partial charge is 0.343 e. The van der Waals surface area contributed by atoms with Crippen LogP contribution >= 0.6 is 0 Å². The lowest BCUT2D eigenvalue weighted by Crippen LogP contribution is -2.08. The molecule has 0 radical (unpaired) electrons. The number of aryl methyl sites for hydroxylation is 2. The van der Waals surface area contributed by atoms with E-state index in [9.17, 15) is 4.79 Å². The van der Waals surface area contributed by atoms with Gasteiger partial charge in [0, 0.05) is 0 Å². The maximum absolute atomic E-state index is 12.5. The Kier molecular flexibility index (Phi) is 8.26. The van der Waals surface area contributed by atoms with E-state index in [1.165, 1.54) is 36.8 Å². The van der Waals surface area contributed by atoms with Crippen LogP contribution in [0.4, 0.5) is 0 Å². The number of benzene rings is 3. The highest BCUT2D eigenvalue weighted by Crippen LogP contribution is 2.22. The Morgan fingerprint density at radius 3 is 1.80 bits per heavy atom. The number of esters is 1. The molecule has 30 heavy (non-hydrogen) atoms. The molecule has 0 atom stereocenters. The molecule has 0 N–H and O–H groups in total. The molecule has 156 valence electrons. The van der Waals surface area contributed by atoms with Crippen LogP contribution in [-0.2, 0) is 12.8 Å². The van der Waals surface area contributed by atoms with Crippen molar-refractivity contribution < 1.29 is 9.53 Å². The molecule has 0 aromatic heterocycles. The third kappa shape index (κ3) is 6.32. The monoisotopic (exact) mass is 400 g/mol. The Bertz CT molecular complexity index is 906. The number of carbonyl (C=O) groups excluding carboxylic acids is 1. The first-order valence-electron chi connectivity index (χ1n) is 11.2. The van der Waals surface area contributed by atoms with Crippen molar-refractivity contribution in [3.63, 3.8) is 0 Å². The zero-order valence-electron chi connectivity index (χ0n) is 18.2. The van der Waals surface area contributed by atoms with Crippen LogP contribution in [0.15, 0.2) is 72.8 Å². The summed E-state index contributed by atoms with van der Waals surface area (Å²) in [4.78, 5) is 12.5. The van der Waals surface area contributed by atoms with E-state index in [0.717, 1.165) is 30.4 Å². The molecule has 0 aliphatic heterocycles. The van der Waals surface area contributed by atoms with E-state index >= 15 is 0 Å². The summed E-state index contributed by atoms with van der Waals surface area (Å²) in [6.07, 6.45) is 8.35. The average molecular weight is 401 g/mol. The van der Waals surface area contributed by atoms with E-state index < -0.39 is 0 Å². The number of unbranched alkanes of at least 4 members (excludes halogenated alkanes) is 3. The first kappa shape index (κ1) is 21.8. The van der Waals surface area contributed by atoms with Crippen LogP contribution in [0, 0.1) is 0 Å². The number of hydrogen-bond acceptors (Lipinski definition) is 2. The number of rotatable bonds is 10. The Labute approximate surface area is 180 Å². The van der Waals surface area contributed by atoms with Gasteiger partial charge >= 0.3 is 5.97 Å². The summed E-state index contributed by atoms with van der Waals surface area (Å²) in [5.41, 5.74) is 5.46. The minimum atomic E-state index is -0.324. The fraction of sp³-hybridized carbons (Fsp3) is 0.321. The van der Waals surface area contributed by atoms with Crippen LogP contribution in [0.25, 0.3) is 11.1 Å². The van der Waals surface area contributed by atoms with Gasteiger partial charge < -0.3 is 4.74 Å². The minimum absolute atomic E-state index is 0.324. The third-order valence-corrected chi connectivity index (χ3v) is 5.40. The molecular weight excluding hydrogens is 368 g/mol. The lowest BCUT2D eigenvalue weighted by atomic mass is 10.0. The number of hydrogen-bond donors (Lipinski definition) is 0. The minimum Gasteiger partial charge on any atom is -0.423 e. The second-order valence-corrected chi connectivity index (χ2v) is 7.87. The van der Waals surface area contributed by atoms with Gasteiger partial charge in [0.15, 0.2) is 0 Å². The molecule has 3 aromatic carbocycles. The van der Waals surface area contributed by atoms with Crippen molar-refractivity contribution in [1.82, 2.24) is 0 Å². The van der Waals surface area contributed by atoms with E-state index in [1.54, 1.807) is 0 Å². The summed E-state index contributed by atoms with van der Waals surface area (Å²) in [5, 5.41) is 0. The van der Waals surface area contributed by atoms with Crippen molar-refractivity contribution in [2.75, 3.05) is 0 Å². The van der Waals surface area contributed by atoms with Gasteiger partial charge in [-0.2, -0.15) is 0 Å². The molecule has 0 bridgehead atoms. The van der Waals surface area contributed by atoms with Gasteiger partial charge in [0.2, 0.25) is 0 Å². The third-order valence-electron chi connectivity index (χ3n) is 5.40. The highest BCUT2D eigenvalue weighted by molar-refractivity contribution is 5.91. The molecule has 2 heteroatoms. The van der Waals surface area contributed by atoms with Gasteiger partial charge in [0.25, 0.3) is 0 Å². The molecule has 3 aromatic rings. The van der Waals surface area contributed by atoms with Gasteiger partial charge in [0.05, 0.1) is 5.56 Å². The largest absolute Gasteiger partial charge is 0.423 e. The second kappa shape index (κ2) is 11.3. The molecule has 0 fully saturated rings. The second-order valence-electron chi connectivity index (χ2n) is 7.87. The Balaban J connectivity index is 1.56. The van der Waals surface area contributed by atoms with Gasteiger partial charge in [-0.05, 0) is 65.8 Å². The van der Waals surface area contributed by atoms with E-state index in [1.807, 2.05) is 36.4 Å². The van der Waals surface area contributed by atoms with Crippen LogP contribution in [0.5, 0.6) is 5.75 Å². The first-order valence-corrected chi connectivity index (χ1v) is 11.2. The summed E-state index contributed by atoms with van der Waals surface area (Å²) in [6.45, 7) is 4.41. The lowest BCUT2D eigenvalue weighted by molar-refractivity contribution is 0.0734. The SMILES string of the molecule is CCCCCCc1ccc(OC(=O)c2ccc(-c3ccc(CCC)cc3)cc2)cc1. The van der Waals surface area contributed by atoms with Gasteiger partial charge in [-0.15, -0.1) is 0 Å². The van der Waals surface area contributed by atoms with Gasteiger partial charge in [-0.1, -0.05) is 88.1 Å². The summed E-state index contributed by atoms with van der Waals surface area (Å²) in [5.74, 6) is 0.267. The molecular formula is C28H32O2. The molecule has 0 amide bonds. The topological polar surface area (TPSA) is 26.3 Å². The molecule has 0 aliphatic carbocycles. The van der Waals surface area contributed by atoms with Crippen molar-refractivity contribution in [3.8, 4) is 16.9 Å². The van der Waals surface area contributed by atoms with E-state index in [-0.39, 0.29) is 5.97 Å². The van der Waals surface area contributed by atoms with Crippen molar-refractivity contribution in [2.45, 2.75) is 58.8 Å². The highest BCUT2D eigenvalue weighted by Gasteiger charge is 2.09. The molecule has 0 heterocycles. The normalized spacial score (nSPS) is 10.7. The quantitative estimate of drug-likeness (QED) is 0.198. The van der Waals surface area contributed by atoms with Crippen LogP contribution < -0.4 is 4.74 Å². The van der Waals surface area contributed by atoms with Gasteiger partial charge in [-0.3, -0.25) is 0 Å². The molecule has 0 spiro atoms. The van der Waals surface area contributed by atoms with Gasteiger partial charge in [0.1, 0.15) is 5.75 Å². The molecule has 0 unspecified atom stereocenters. The number of carbonyl (C=O) groups is 1. The zero-order chi connectivity index (χ0) is 21.2. The van der Waals surface area contributed by atoms with Crippen LogP contribution in [0.3, 0.4) is 0 Å². The molecule has 0 saturated heterocycles. The number of ether oxygens (including phenoxy) is 1. The van der Waals surface area contributed by atoms with E-state index in [2.05, 4.69) is 50.2 Å². The van der Waals surface area contributed by atoms with Crippen LogP contribution in [0.2, 0.25) is 0 Å². The summed E-state index contributed by atoms with van der Waals surface area (Å²) in [7, 11) is 0. The van der Waals surface area contributed by atoms with E-state index in [4.69, 9.17) is 4.74 Å². The maximum Gasteiger partial charge on any atom is 0.343 e. The molecule has 2 nitrogen and oxygen atoms in total. The maximum atomic E-state index is 12.5. The summed E-state index contributed by atoms with van der Waals surface area (Å²) >= 11 is 0. The fourth-order valence-corrected chi connectivity index (χ4v) is 3.60. The van der Waals surface area contributed by atoms with Crippen molar-refractivity contribution in [3.05, 3.63) is 89.5 Å².